The fourth-order valence-electron chi connectivity index (χ4n) is 1.84. The Balaban J connectivity index is 1.98. The van der Waals surface area contributed by atoms with Crippen LogP contribution in [0.25, 0.3) is 0 Å². The summed E-state index contributed by atoms with van der Waals surface area (Å²) in [5, 5.41) is 8.79. The van der Waals surface area contributed by atoms with Crippen LogP contribution in [0, 0.1) is 18.3 Å². The highest BCUT2D eigenvalue weighted by molar-refractivity contribution is 5.25. The molecule has 92 valence electrons. The van der Waals surface area contributed by atoms with Gasteiger partial charge in [0.1, 0.15) is 23.3 Å². The normalized spacial score (nSPS) is 10.6. The van der Waals surface area contributed by atoms with E-state index in [4.69, 9.17) is 9.68 Å². The van der Waals surface area contributed by atoms with Crippen LogP contribution in [0.2, 0.25) is 0 Å². The number of hydrogen-bond donors (Lipinski definition) is 0. The van der Waals surface area contributed by atoms with Crippen molar-refractivity contribution in [1.82, 2.24) is 9.88 Å². The van der Waals surface area contributed by atoms with E-state index in [1.807, 2.05) is 44.3 Å². The van der Waals surface area contributed by atoms with Gasteiger partial charge < -0.3 is 4.42 Å². The first-order chi connectivity index (χ1) is 8.67. The molecule has 0 aliphatic heterocycles. The topological polar surface area (TPSA) is 53.1 Å². The second kappa shape index (κ2) is 5.48. The molecule has 4 heteroatoms. The molecule has 0 aliphatic carbocycles. The molecule has 0 saturated heterocycles. The molecular formula is C14H15N3O. The molecule has 2 heterocycles. The van der Waals surface area contributed by atoms with Crippen LogP contribution in [0.3, 0.4) is 0 Å². The highest BCUT2D eigenvalue weighted by Crippen LogP contribution is 2.11. The molecule has 0 aliphatic rings. The largest absolute Gasteiger partial charge is 0.465 e. The first-order valence-electron chi connectivity index (χ1n) is 5.76. The van der Waals surface area contributed by atoms with E-state index in [1.54, 1.807) is 6.20 Å². The van der Waals surface area contributed by atoms with Crippen molar-refractivity contribution in [3.63, 3.8) is 0 Å². The molecule has 0 bridgehead atoms. The summed E-state index contributed by atoms with van der Waals surface area (Å²) in [5.41, 5.74) is 1.53. The number of aromatic nitrogens is 1. The molecule has 0 aromatic carbocycles. The zero-order valence-electron chi connectivity index (χ0n) is 10.6. The van der Waals surface area contributed by atoms with Gasteiger partial charge in [0.15, 0.2) is 0 Å². The minimum Gasteiger partial charge on any atom is -0.465 e. The van der Waals surface area contributed by atoms with Crippen LogP contribution in [-0.2, 0) is 13.1 Å². The minimum absolute atomic E-state index is 0.453. The average Bonchev–Trinajstić information content (AvgIpc) is 2.74. The van der Waals surface area contributed by atoms with Gasteiger partial charge in [-0.2, -0.15) is 5.26 Å². The van der Waals surface area contributed by atoms with Gasteiger partial charge in [-0.15, -0.1) is 0 Å². The van der Waals surface area contributed by atoms with Crippen molar-refractivity contribution in [3.8, 4) is 6.07 Å². The number of pyridine rings is 1. The third-order valence-electron chi connectivity index (χ3n) is 2.61. The zero-order chi connectivity index (χ0) is 13.0. The molecule has 0 N–H and O–H groups in total. The summed E-state index contributed by atoms with van der Waals surface area (Å²) in [6.45, 7) is 3.44. The second-order valence-corrected chi connectivity index (χ2v) is 4.35. The van der Waals surface area contributed by atoms with Crippen LogP contribution < -0.4 is 0 Å². The van der Waals surface area contributed by atoms with E-state index < -0.39 is 0 Å². The summed E-state index contributed by atoms with van der Waals surface area (Å²) < 4.78 is 5.53. The Bertz CT molecular complexity index is 568. The van der Waals surface area contributed by atoms with Gasteiger partial charge >= 0.3 is 0 Å². The summed E-state index contributed by atoms with van der Waals surface area (Å²) >= 11 is 0. The maximum Gasteiger partial charge on any atom is 0.140 e. The number of nitriles is 1. The van der Waals surface area contributed by atoms with Crippen LogP contribution >= 0.6 is 0 Å². The van der Waals surface area contributed by atoms with Gasteiger partial charge in [-0.1, -0.05) is 0 Å². The molecule has 0 atom stereocenters. The first-order valence-corrected chi connectivity index (χ1v) is 5.76. The summed E-state index contributed by atoms with van der Waals surface area (Å²) in [7, 11) is 2.02. The van der Waals surface area contributed by atoms with E-state index in [1.165, 1.54) is 0 Å². The predicted octanol–water partition coefficient (Wildman–Crippen LogP) is 2.49. The monoisotopic (exact) mass is 241 g/mol. The lowest BCUT2D eigenvalue weighted by atomic mass is 10.2. The van der Waals surface area contributed by atoms with E-state index in [9.17, 15) is 0 Å². The van der Waals surface area contributed by atoms with Gasteiger partial charge in [0.05, 0.1) is 6.54 Å². The molecular weight excluding hydrogens is 226 g/mol. The van der Waals surface area contributed by atoms with Gasteiger partial charge in [0.25, 0.3) is 0 Å². The van der Waals surface area contributed by atoms with E-state index in [-0.39, 0.29) is 0 Å². The average molecular weight is 241 g/mol. The van der Waals surface area contributed by atoms with Crippen LogP contribution in [0.5, 0.6) is 0 Å². The molecule has 0 radical (unpaired) electrons. The van der Waals surface area contributed by atoms with Crippen LogP contribution in [-0.4, -0.2) is 16.9 Å². The summed E-state index contributed by atoms with van der Waals surface area (Å²) in [4.78, 5) is 6.09. The maximum atomic E-state index is 8.79. The van der Waals surface area contributed by atoms with Gasteiger partial charge in [-0.05, 0) is 43.8 Å². The Kier molecular flexibility index (Phi) is 3.75. The standard InChI is InChI=1S/C14H15N3O/c1-11-3-4-14(18-11)10-17(2)9-12-5-6-16-13(7-12)8-15/h3-7H,9-10H2,1-2H3. The zero-order valence-corrected chi connectivity index (χ0v) is 10.6. The highest BCUT2D eigenvalue weighted by atomic mass is 16.3. The lowest BCUT2D eigenvalue weighted by molar-refractivity contribution is 0.285. The van der Waals surface area contributed by atoms with Crippen LogP contribution in [0.4, 0.5) is 0 Å². The predicted molar refractivity (Wildman–Crippen MR) is 67.6 cm³/mol. The molecule has 0 spiro atoms. The summed E-state index contributed by atoms with van der Waals surface area (Å²) in [5.74, 6) is 1.87. The molecule has 0 unspecified atom stereocenters. The van der Waals surface area contributed by atoms with Crippen LogP contribution in [0.15, 0.2) is 34.9 Å². The third-order valence-corrected chi connectivity index (χ3v) is 2.61. The Labute approximate surface area is 106 Å². The Morgan fingerprint density at radius 2 is 2.17 bits per heavy atom. The lowest BCUT2D eigenvalue weighted by Gasteiger charge is -2.15. The molecule has 2 rings (SSSR count). The highest BCUT2D eigenvalue weighted by Gasteiger charge is 2.05. The number of rotatable bonds is 4. The smallest absolute Gasteiger partial charge is 0.140 e. The maximum absolute atomic E-state index is 8.79. The van der Waals surface area contributed by atoms with Crippen molar-refractivity contribution >= 4 is 0 Å². The molecule has 0 saturated carbocycles. The molecule has 2 aromatic rings. The number of nitrogens with zero attached hydrogens (tertiary/aromatic N) is 3. The molecule has 2 aromatic heterocycles. The quantitative estimate of drug-likeness (QED) is 0.825. The van der Waals surface area contributed by atoms with Gasteiger partial charge in [0, 0.05) is 12.7 Å². The molecule has 4 nitrogen and oxygen atoms in total. The molecule has 0 amide bonds. The second-order valence-electron chi connectivity index (χ2n) is 4.35. The Morgan fingerprint density at radius 1 is 1.33 bits per heavy atom. The minimum atomic E-state index is 0.453. The van der Waals surface area contributed by atoms with Crippen molar-refractivity contribution in [2.75, 3.05) is 7.05 Å². The van der Waals surface area contributed by atoms with Crippen molar-refractivity contribution in [2.24, 2.45) is 0 Å². The van der Waals surface area contributed by atoms with E-state index >= 15 is 0 Å². The lowest BCUT2D eigenvalue weighted by Crippen LogP contribution is -2.17. The van der Waals surface area contributed by atoms with Gasteiger partial charge in [0.2, 0.25) is 0 Å². The third kappa shape index (κ3) is 3.19. The Hall–Kier alpha value is -2.12. The van der Waals surface area contributed by atoms with E-state index in [0.717, 1.165) is 30.2 Å². The van der Waals surface area contributed by atoms with Crippen molar-refractivity contribution < 1.29 is 4.42 Å². The van der Waals surface area contributed by atoms with Gasteiger partial charge in [-0.3, -0.25) is 4.90 Å². The SMILES string of the molecule is Cc1ccc(CN(C)Cc2ccnc(C#N)c2)o1. The number of hydrogen-bond acceptors (Lipinski definition) is 4. The van der Waals surface area contributed by atoms with Crippen LogP contribution in [0.1, 0.15) is 22.8 Å². The summed E-state index contributed by atoms with van der Waals surface area (Å²) in [6.07, 6.45) is 1.67. The first kappa shape index (κ1) is 12.3. The van der Waals surface area contributed by atoms with Crippen molar-refractivity contribution in [2.45, 2.75) is 20.0 Å². The van der Waals surface area contributed by atoms with E-state index in [0.29, 0.717) is 5.69 Å². The molecule has 18 heavy (non-hydrogen) atoms. The van der Waals surface area contributed by atoms with Crippen molar-refractivity contribution in [1.29, 1.82) is 5.26 Å². The fraction of sp³-hybridized carbons (Fsp3) is 0.286. The summed E-state index contributed by atoms with van der Waals surface area (Å²) in [6, 6.07) is 9.72. The van der Waals surface area contributed by atoms with E-state index in [2.05, 4.69) is 9.88 Å². The molecule has 0 fully saturated rings. The number of aryl methyl sites for hydroxylation is 1. The number of furan rings is 1. The van der Waals surface area contributed by atoms with Gasteiger partial charge in [-0.25, -0.2) is 4.98 Å². The fourth-order valence-corrected chi connectivity index (χ4v) is 1.84. The van der Waals surface area contributed by atoms with Crippen molar-refractivity contribution in [3.05, 3.63) is 53.2 Å². The Morgan fingerprint density at radius 3 is 2.83 bits per heavy atom.